The minimum absolute atomic E-state index is 0.101. The van der Waals surface area contributed by atoms with E-state index in [4.69, 9.17) is 4.74 Å². The number of hydrogen-bond donors (Lipinski definition) is 2. The normalized spacial score (nSPS) is 32.5. The Balaban J connectivity index is 1.65. The average molecular weight is 270 g/mol. The van der Waals surface area contributed by atoms with Crippen molar-refractivity contribution < 1.29 is 9.84 Å². The molecule has 0 radical (unpaired) electrons. The number of likely N-dealkylation sites (tertiary alicyclic amines) is 1. The highest BCUT2D eigenvalue weighted by Crippen LogP contribution is 2.27. The topological polar surface area (TPSA) is 44.7 Å². The van der Waals surface area contributed by atoms with Gasteiger partial charge in [0.2, 0.25) is 0 Å². The van der Waals surface area contributed by atoms with E-state index in [2.05, 4.69) is 24.1 Å². The van der Waals surface area contributed by atoms with Gasteiger partial charge in [0.15, 0.2) is 0 Å². The first-order valence-corrected chi connectivity index (χ1v) is 7.90. The van der Waals surface area contributed by atoms with Gasteiger partial charge in [0.05, 0.1) is 12.7 Å². The first-order valence-electron chi connectivity index (χ1n) is 7.90. The van der Waals surface area contributed by atoms with Crippen molar-refractivity contribution >= 4 is 0 Å². The van der Waals surface area contributed by atoms with Crippen LogP contribution < -0.4 is 5.32 Å². The quantitative estimate of drug-likeness (QED) is 0.683. The summed E-state index contributed by atoms with van der Waals surface area (Å²) in [6.45, 7) is 8.90. The van der Waals surface area contributed by atoms with Crippen LogP contribution in [0.1, 0.15) is 39.5 Å². The van der Waals surface area contributed by atoms with E-state index in [0.717, 1.165) is 39.3 Å². The van der Waals surface area contributed by atoms with Gasteiger partial charge in [-0.3, -0.25) is 4.90 Å². The molecule has 4 heteroatoms. The van der Waals surface area contributed by atoms with Gasteiger partial charge < -0.3 is 15.2 Å². The standard InChI is InChI=1S/C15H30N2O2/c1-12(2)11-19-9-7-16-14-4-3-5-15(14)17-8-6-13(18)10-17/h12-16,18H,3-11H2,1-2H3/t13?,14-,15+/m1/s1. The summed E-state index contributed by atoms with van der Waals surface area (Å²) in [4.78, 5) is 2.48. The van der Waals surface area contributed by atoms with E-state index in [9.17, 15) is 5.11 Å². The minimum atomic E-state index is -0.101. The zero-order valence-electron chi connectivity index (χ0n) is 12.5. The third-order valence-corrected chi connectivity index (χ3v) is 4.25. The summed E-state index contributed by atoms with van der Waals surface area (Å²) in [5.41, 5.74) is 0. The van der Waals surface area contributed by atoms with Crippen LogP contribution in [0.15, 0.2) is 0 Å². The molecule has 2 aliphatic rings. The van der Waals surface area contributed by atoms with E-state index in [1.807, 2.05) is 0 Å². The molecular formula is C15H30N2O2. The molecule has 0 aromatic carbocycles. The molecular weight excluding hydrogens is 240 g/mol. The second-order valence-corrected chi connectivity index (χ2v) is 6.47. The first kappa shape index (κ1) is 15.2. The lowest BCUT2D eigenvalue weighted by Gasteiger charge is -2.30. The summed E-state index contributed by atoms with van der Waals surface area (Å²) in [5.74, 6) is 0.616. The van der Waals surface area contributed by atoms with Gasteiger partial charge >= 0.3 is 0 Å². The molecule has 19 heavy (non-hydrogen) atoms. The highest BCUT2D eigenvalue weighted by molar-refractivity contribution is 4.93. The SMILES string of the molecule is CC(C)COCCN[C@@H]1CCC[C@@H]1N1CCC(O)C1. The maximum absolute atomic E-state index is 9.66. The van der Waals surface area contributed by atoms with Gasteiger partial charge in [-0.15, -0.1) is 0 Å². The Morgan fingerprint density at radius 1 is 1.32 bits per heavy atom. The lowest BCUT2D eigenvalue weighted by atomic mass is 10.1. The highest BCUT2D eigenvalue weighted by atomic mass is 16.5. The molecule has 0 amide bonds. The second kappa shape index (κ2) is 7.58. The predicted octanol–water partition coefficient (Wildman–Crippen LogP) is 1.24. The lowest BCUT2D eigenvalue weighted by Crippen LogP contribution is -2.47. The Morgan fingerprint density at radius 2 is 2.16 bits per heavy atom. The molecule has 1 saturated carbocycles. The fourth-order valence-electron chi connectivity index (χ4n) is 3.32. The van der Waals surface area contributed by atoms with Crippen molar-refractivity contribution in [2.24, 2.45) is 5.92 Å². The summed E-state index contributed by atoms with van der Waals surface area (Å²) in [7, 11) is 0. The Hall–Kier alpha value is -0.160. The van der Waals surface area contributed by atoms with Crippen LogP contribution in [0.5, 0.6) is 0 Å². The number of hydrogen-bond acceptors (Lipinski definition) is 4. The van der Waals surface area contributed by atoms with E-state index in [1.54, 1.807) is 0 Å². The summed E-state index contributed by atoms with van der Waals surface area (Å²) < 4.78 is 5.62. The maximum atomic E-state index is 9.66. The minimum Gasteiger partial charge on any atom is -0.392 e. The summed E-state index contributed by atoms with van der Waals surface area (Å²) in [6.07, 6.45) is 4.69. The fraction of sp³-hybridized carbons (Fsp3) is 1.00. The molecule has 1 unspecified atom stereocenters. The number of nitrogens with zero attached hydrogens (tertiary/aromatic N) is 1. The number of nitrogens with one attached hydrogen (secondary N) is 1. The van der Waals surface area contributed by atoms with Crippen LogP contribution in [0.4, 0.5) is 0 Å². The monoisotopic (exact) mass is 270 g/mol. The van der Waals surface area contributed by atoms with Gasteiger partial charge in [0.25, 0.3) is 0 Å². The zero-order valence-corrected chi connectivity index (χ0v) is 12.5. The molecule has 2 fully saturated rings. The van der Waals surface area contributed by atoms with Crippen molar-refractivity contribution in [3.63, 3.8) is 0 Å². The average Bonchev–Trinajstić information content (AvgIpc) is 2.96. The van der Waals surface area contributed by atoms with Crippen molar-refractivity contribution in [1.29, 1.82) is 0 Å². The van der Waals surface area contributed by atoms with E-state index in [1.165, 1.54) is 19.3 Å². The van der Waals surface area contributed by atoms with Gasteiger partial charge in [-0.25, -0.2) is 0 Å². The molecule has 0 spiro atoms. The van der Waals surface area contributed by atoms with Crippen LogP contribution in [-0.4, -0.2) is 61.0 Å². The van der Waals surface area contributed by atoms with Gasteiger partial charge in [0, 0.05) is 38.3 Å². The number of aliphatic hydroxyl groups is 1. The van der Waals surface area contributed by atoms with E-state index in [-0.39, 0.29) is 6.10 Å². The molecule has 1 saturated heterocycles. The summed E-state index contributed by atoms with van der Waals surface area (Å²) in [6, 6.07) is 1.22. The summed E-state index contributed by atoms with van der Waals surface area (Å²) in [5, 5.41) is 13.3. The third kappa shape index (κ3) is 4.71. The molecule has 4 nitrogen and oxygen atoms in total. The van der Waals surface area contributed by atoms with Crippen molar-refractivity contribution in [1.82, 2.24) is 10.2 Å². The molecule has 3 atom stereocenters. The number of rotatable bonds is 7. The van der Waals surface area contributed by atoms with Crippen molar-refractivity contribution in [2.45, 2.75) is 57.7 Å². The Morgan fingerprint density at radius 3 is 2.84 bits per heavy atom. The van der Waals surface area contributed by atoms with E-state index >= 15 is 0 Å². The second-order valence-electron chi connectivity index (χ2n) is 6.47. The number of aliphatic hydroxyl groups excluding tert-OH is 1. The third-order valence-electron chi connectivity index (χ3n) is 4.25. The fourth-order valence-corrected chi connectivity index (χ4v) is 3.32. The van der Waals surface area contributed by atoms with Crippen molar-refractivity contribution in [3.8, 4) is 0 Å². The zero-order chi connectivity index (χ0) is 13.7. The largest absolute Gasteiger partial charge is 0.392 e. The molecule has 1 aliphatic carbocycles. The Kier molecular flexibility index (Phi) is 6.07. The molecule has 112 valence electrons. The van der Waals surface area contributed by atoms with Crippen LogP contribution in [-0.2, 0) is 4.74 Å². The predicted molar refractivity (Wildman–Crippen MR) is 77.3 cm³/mol. The molecule has 1 aliphatic heterocycles. The van der Waals surface area contributed by atoms with Gasteiger partial charge in [0.1, 0.15) is 0 Å². The summed E-state index contributed by atoms with van der Waals surface area (Å²) >= 11 is 0. The maximum Gasteiger partial charge on any atom is 0.0679 e. The van der Waals surface area contributed by atoms with E-state index < -0.39 is 0 Å². The lowest BCUT2D eigenvalue weighted by molar-refractivity contribution is 0.105. The Labute approximate surface area is 117 Å². The van der Waals surface area contributed by atoms with Crippen LogP contribution in [0.2, 0.25) is 0 Å². The number of ether oxygens (including phenoxy) is 1. The molecule has 0 aromatic heterocycles. The van der Waals surface area contributed by atoms with E-state index in [0.29, 0.717) is 18.0 Å². The molecule has 2 N–H and O–H groups in total. The Bertz CT molecular complexity index is 261. The van der Waals surface area contributed by atoms with Gasteiger partial charge in [-0.2, -0.15) is 0 Å². The van der Waals surface area contributed by atoms with Gasteiger partial charge in [-0.1, -0.05) is 20.3 Å². The van der Waals surface area contributed by atoms with Crippen LogP contribution in [0.3, 0.4) is 0 Å². The molecule has 1 heterocycles. The molecule has 2 rings (SSSR count). The molecule has 0 aromatic rings. The van der Waals surface area contributed by atoms with Crippen LogP contribution in [0.25, 0.3) is 0 Å². The smallest absolute Gasteiger partial charge is 0.0679 e. The van der Waals surface area contributed by atoms with Gasteiger partial charge in [-0.05, 0) is 25.2 Å². The molecule has 0 bridgehead atoms. The first-order chi connectivity index (χ1) is 9.16. The van der Waals surface area contributed by atoms with Crippen LogP contribution >= 0.6 is 0 Å². The van der Waals surface area contributed by atoms with Crippen molar-refractivity contribution in [2.75, 3.05) is 32.8 Å². The number of β-amino-alcohol motifs (C(OH)–C–C–N with tert-alkyl or cyclic N) is 1. The highest BCUT2D eigenvalue weighted by Gasteiger charge is 2.35. The van der Waals surface area contributed by atoms with Crippen molar-refractivity contribution in [3.05, 3.63) is 0 Å². The van der Waals surface area contributed by atoms with Crippen LogP contribution in [0, 0.1) is 5.92 Å².